The van der Waals surface area contributed by atoms with Crippen LogP contribution in [0.4, 0.5) is 4.39 Å². The Bertz CT molecular complexity index is 1150. The van der Waals surface area contributed by atoms with Gasteiger partial charge in [0.1, 0.15) is 23.9 Å². The van der Waals surface area contributed by atoms with Gasteiger partial charge in [-0.15, -0.1) is 11.3 Å². The fraction of sp³-hybridized carbons (Fsp3) is 0.333. The number of carbonyl (C=O) groups excluding carboxylic acids is 2. The molecule has 0 atom stereocenters. The molecule has 3 aromatic rings. The smallest absolute Gasteiger partial charge is 0.258 e. The number of thiophene rings is 1. The third kappa shape index (κ3) is 6.82. The van der Waals surface area contributed by atoms with E-state index in [0.29, 0.717) is 43.1 Å². The minimum atomic E-state index is -0.325. The Hall–Kier alpha value is -3.39. The molecule has 6 nitrogen and oxygen atoms in total. The van der Waals surface area contributed by atoms with Crippen LogP contribution in [0.1, 0.15) is 39.7 Å². The summed E-state index contributed by atoms with van der Waals surface area (Å²) in [5.41, 5.74) is 2.30. The first kappa shape index (κ1) is 26.2. The second kappa shape index (κ2) is 12.4. The van der Waals surface area contributed by atoms with Crippen LogP contribution in [-0.4, -0.2) is 48.9 Å². The van der Waals surface area contributed by atoms with Gasteiger partial charge in [0, 0.05) is 24.0 Å². The third-order valence-corrected chi connectivity index (χ3v) is 6.70. The van der Waals surface area contributed by atoms with Crippen molar-refractivity contribution in [1.29, 1.82) is 0 Å². The van der Waals surface area contributed by atoms with Crippen LogP contribution in [0.3, 0.4) is 0 Å². The number of amides is 2. The average molecular weight is 499 g/mol. The van der Waals surface area contributed by atoms with Gasteiger partial charge in [0.05, 0.1) is 26.3 Å². The molecule has 0 spiro atoms. The van der Waals surface area contributed by atoms with E-state index in [0.717, 1.165) is 16.0 Å². The number of hydrogen-bond acceptors (Lipinski definition) is 5. The van der Waals surface area contributed by atoms with Crippen molar-refractivity contribution in [1.82, 2.24) is 9.80 Å². The summed E-state index contributed by atoms with van der Waals surface area (Å²) in [6.07, 6.45) is 0.694. The molecule has 35 heavy (non-hydrogen) atoms. The molecule has 3 rings (SSSR count). The first-order valence-corrected chi connectivity index (χ1v) is 12.3. The lowest BCUT2D eigenvalue weighted by Gasteiger charge is -2.28. The van der Waals surface area contributed by atoms with Gasteiger partial charge < -0.3 is 19.3 Å². The van der Waals surface area contributed by atoms with Gasteiger partial charge in [-0.3, -0.25) is 9.59 Å². The van der Waals surface area contributed by atoms with Gasteiger partial charge in [-0.05, 0) is 60.2 Å². The van der Waals surface area contributed by atoms with Crippen LogP contribution in [0.5, 0.6) is 11.5 Å². The van der Waals surface area contributed by atoms with Crippen molar-refractivity contribution in [2.75, 3.05) is 27.3 Å². The highest BCUT2D eigenvalue weighted by Gasteiger charge is 2.25. The number of halogens is 1. The molecule has 0 saturated heterocycles. The van der Waals surface area contributed by atoms with Crippen LogP contribution in [0, 0.1) is 12.7 Å². The van der Waals surface area contributed by atoms with Gasteiger partial charge >= 0.3 is 0 Å². The van der Waals surface area contributed by atoms with E-state index in [4.69, 9.17) is 9.47 Å². The predicted molar refractivity (Wildman–Crippen MR) is 135 cm³/mol. The van der Waals surface area contributed by atoms with Gasteiger partial charge in [0.2, 0.25) is 5.91 Å². The number of hydrogen-bond donors (Lipinski definition) is 0. The molecule has 0 aliphatic heterocycles. The maximum atomic E-state index is 13.5. The Morgan fingerprint density at radius 1 is 0.971 bits per heavy atom. The van der Waals surface area contributed by atoms with Crippen LogP contribution in [0.15, 0.2) is 53.9 Å². The fourth-order valence-corrected chi connectivity index (χ4v) is 4.63. The number of ether oxygens (including phenoxy) is 2. The van der Waals surface area contributed by atoms with Crippen molar-refractivity contribution in [2.45, 2.75) is 33.4 Å². The van der Waals surface area contributed by atoms with E-state index in [1.807, 2.05) is 25.3 Å². The second-order valence-electron chi connectivity index (χ2n) is 8.20. The maximum absolute atomic E-state index is 13.5. The summed E-state index contributed by atoms with van der Waals surface area (Å²) in [4.78, 5) is 31.3. The highest BCUT2D eigenvalue weighted by Crippen LogP contribution is 2.26. The van der Waals surface area contributed by atoms with Crippen molar-refractivity contribution in [3.63, 3.8) is 0 Å². The van der Waals surface area contributed by atoms with E-state index < -0.39 is 0 Å². The predicted octanol–water partition coefficient (Wildman–Crippen LogP) is 5.29. The Morgan fingerprint density at radius 2 is 1.71 bits per heavy atom. The Labute approximate surface area is 209 Å². The van der Waals surface area contributed by atoms with E-state index >= 15 is 0 Å². The lowest BCUT2D eigenvalue weighted by Crippen LogP contribution is -2.43. The molecule has 1 aromatic heterocycles. The normalized spacial score (nSPS) is 10.7. The molecule has 8 heteroatoms. The summed E-state index contributed by atoms with van der Waals surface area (Å²) in [6, 6.07) is 13.1. The van der Waals surface area contributed by atoms with E-state index in [9.17, 15) is 14.0 Å². The van der Waals surface area contributed by atoms with Gasteiger partial charge in [-0.2, -0.15) is 0 Å². The molecular weight excluding hydrogens is 467 g/mol. The molecule has 0 aliphatic carbocycles. The molecular formula is C27H31FN2O4S. The largest absolute Gasteiger partial charge is 0.497 e. The standard InChI is InChI=1S/C27H31FN2O4S/c1-5-13-29(27(32)23-11-10-22(33-3)15-24(23)34-4)18-26(31)30(17-25-19(2)12-14-35-25)16-20-6-8-21(28)9-7-20/h6-12,14-15H,5,13,16-18H2,1-4H3. The zero-order valence-electron chi connectivity index (χ0n) is 20.5. The molecule has 1 heterocycles. The van der Waals surface area contributed by atoms with Gasteiger partial charge in [-0.25, -0.2) is 4.39 Å². The lowest BCUT2D eigenvalue weighted by molar-refractivity contribution is -0.133. The molecule has 0 fully saturated rings. The highest BCUT2D eigenvalue weighted by molar-refractivity contribution is 7.10. The lowest BCUT2D eigenvalue weighted by atomic mass is 10.1. The van der Waals surface area contributed by atoms with Gasteiger partial charge in [0.25, 0.3) is 5.91 Å². The average Bonchev–Trinajstić information content (AvgIpc) is 3.27. The topological polar surface area (TPSA) is 59.1 Å². The van der Waals surface area contributed by atoms with Crippen LogP contribution in [-0.2, 0) is 17.9 Å². The summed E-state index contributed by atoms with van der Waals surface area (Å²) >= 11 is 1.59. The van der Waals surface area contributed by atoms with E-state index in [1.165, 1.54) is 19.2 Å². The molecule has 0 saturated carbocycles. The van der Waals surface area contributed by atoms with E-state index in [1.54, 1.807) is 58.6 Å². The Kier molecular flexibility index (Phi) is 9.25. The number of nitrogens with zero attached hydrogens (tertiary/aromatic N) is 2. The van der Waals surface area contributed by atoms with E-state index in [-0.39, 0.29) is 24.2 Å². The number of benzene rings is 2. The SMILES string of the molecule is CCCN(CC(=O)N(Cc1ccc(F)cc1)Cc1sccc1C)C(=O)c1ccc(OC)cc1OC. The first-order valence-electron chi connectivity index (χ1n) is 11.4. The van der Waals surface area contributed by atoms with Crippen molar-refractivity contribution >= 4 is 23.2 Å². The monoisotopic (exact) mass is 498 g/mol. The van der Waals surface area contributed by atoms with Crippen LogP contribution in [0.2, 0.25) is 0 Å². The summed E-state index contributed by atoms with van der Waals surface area (Å²) in [6.45, 7) is 5.04. The molecule has 2 amide bonds. The number of aryl methyl sites for hydroxylation is 1. The molecule has 186 valence electrons. The Morgan fingerprint density at radius 3 is 2.31 bits per heavy atom. The van der Waals surface area contributed by atoms with Crippen LogP contribution in [0.25, 0.3) is 0 Å². The third-order valence-electron chi connectivity index (χ3n) is 5.69. The van der Waals surface area contributed by atoms with Crippen molar-refractivity contribution in [2.24, 2.45) is 0 Å². The molecule has 0 N–H and O–H groups in total. The van der Waals surface area contributed by atoms with Gasteiger partial charge in [0.15, 0.2) is 0 Å². The molecule has 0 radical (unpaired) electrons. The molecule has 0 aliphatic rings. The second-order valence-corrected chi connectivity index (χ2v) is 9.20. The minimum absolute atomic E-state index is 0.0759. The first-order chi connectivity index (χ1) is 16.9. The molecule has 2 aromatic carbocycles. The summed E-state index contributed by atoms with van der Waals surface area (Å²) < 4.78 is 24.1. The number of rotatable bonds is 11. The van der Waals surface area contributed by atoms with Gasteiger partial charge in [-0.1, -0.05) is 19.1 Å². The Balaban J connectivity index is 1.85. The highest BCUT2D eigenvalue weighted by atomic mass is 32.1. The summed E-state index contributed by atoms with van der Waals surface area (Å²) in [5, 5.41) is 1.99. The number of methoxy groups -OCH3 is 2. The van der Waals surface area contributed by atoms with Crippen molar-refractivity contribution < 1.29 is 23.5 Å². The fourth-order valence-electron chi connectivity index (χ4n) is 3.71. The molecule has 0 unspecified atom stereocenters. The van der Waals surface area contributed by atoms with Crippen molar-refractivity contribution in [3.8, 4) is 11.5 Å². The van der Waals surface area contributed by atoms with Crippen LogP contribution < -0.4 is 9.47 Å². The minimum Gasteiger partial charge on any atom is -0.497 e. The van der Waals surface area contributed by atoms with Crippen LogP contribution >= 0.6 is 11.3 Å². The summed E-state index contributed by atoms with van der Waals surface area (Å²) in [5.74, 6) is 0.174. The quantitative estimate of drug-likeness (QED) is 0.360. The maximum Gasteiger partial charge on any atom is 0.258 e. The number of carbonyl (C=O) groups is 2. The molecule has 0 bridgehead atoms. The zero-order valence-corrected chi connectivity index (χ0v) is 21.4. The summed E-state index contributed by atoms with van der Waals surface area (Å²) in [7, 11) is 3.04. The van der Waals surface area contributed by atoms with Crippen molar-refractivity contribution in [3.05, 3.63) is 81.3 Å². The van der Waals surface area contributed by atoms with E-state index in [2.05, 4.69) is 0 Å². The zero-order chi connectivity index (χ0) is 25.4.